The summed E-state index contributed by atoms with van der Waals surface area (Å²) in [4.78, 5) is 0. The van der Waals surface area contributed by atoms with Crippen LogP contribution in [0.25, 0.3) is 0 Å². The molecular weight excluding hydrogens is 160 g/mol. The quantitative estimate of drug-likeness (QED) is 0.572. The summed E-state index contributed by atoms with van der Waals surface area (Å²) in [5, 5.41) is 0. The summed E-state index contributed by atoms with van der Waals surface area (Å²) in [6.07, 6.45) is 8.89. The standard InChI is InChI=1S/C11H26N2/c1-11(2,13)9-7-5-3-4-6-8-10-12/h3-10,12-13H2,1-2H3. The fraction of sp³-hybridized carbons (Fsp3) is 1.00. The first-order valence-corrected chi connectivity index (χ1v) is 5.55. The molecule has 2 nitrogen and oxygen atoms in total. The second-order valence-corrected chi connectivity index (χ2v) is 4.65. The lowest BCUT2D eigenvalue weighted by Crippen LogP contribution is -2.31. The van der Waals surface area contributed by atoms with E-state index in [1.807, 2.05) is 0 Å². The maximum Gasteiger partial charge on any atom is 0.00970 e. The Hall–Kier alpha value is -0.0800. The van der Waals surface area contributed by atoms with Gasteiger partial charge in [-0.05, 0) is 33.2 Å². The minimum Gasteiger partial charge on any atom is -0.330 e. The van der Waals surface area contributed by atoms with E-state index in [0.717, 1.165) is 13.0 Å². The molecule has 0 radical (unpaired) electrons. The minimum absolute atomic E-state index is 0.0251. The molecule has 0 heterocycles. The second kappa shape index (κ2) is 7.34. The monoisotopic (exact) mass is 186 g/mol. The van der Waals surface area contributed by atoms with Crippen molar-refractivity contribution in [1.82, 2.24) is 0 Å². The smallest absolute Gasteiger partial charge is 0.00970 e. The molecule has 0 fully saturated rings. The Bertz CT molecular complexity index is 105. The third-order valence-electron chi connectivity index (χ3n) is 2.28. The van der Waals surface area contributed by atoms with Gasteiger partial charge in [-0.15, -0.1) is 0 Å². The molecule has 0 aromatic heterocycles. The molecule has 80 valence electrons. The molecule has 0 saturated heterocycles. The van der Waals surface area contributed by atoms with E-state index in [9.17, 15) is 0 Å². The van der Waals surface area contributed by atoms with Crippen molar-refractivity contribution in [2.45, 2.75) is 64.3 Å². The van der Waals surface area contributed by atoms with Gasteiger partial charge >= 0.3 is 0 Å². The molecule has 4 N–H and O–H groups in total. The molecule has 0 atom stereocenters. The van der Waals surface area contributed by atoms with Crippen LogP contribution in [0.5, 0.6) is 0 Å². The van der Waals surface area contributed by atoms with E-state index in [4.69, 9.17) is 11.5 Å². The molecule has 0 unspecified atom stereocenters. The first kappa shape index (κ1) is 12.9. The predicted molar refractivity (Wildman–Crippen MR) is 59.6 cm³/mol. The van der Waals surface area contributed by atoms with Crippen LogP contribution in [0.2, 0.25) is 0 Å². The van der Waals surface area contributed by atoms with Crippen molar-refractivity contribution in [3.63, 3.8) is 0 Å². The summed E-state index contributed by atoms with van der Waals surface area (Å²) in [5.41, 5.74) is 11.3. The summed E-state index contributed by atoms with van der Waals surface area (Å²) < 4.78 is 0. The highest BCUT2D eigenvalue weighted by molar-refractivity contribution is 4.70. The van der Waals surface area contributed by atoms with Gasteiger partial charge in [0.1, 0.15) is 0 Å². The van der Waals surface area contributed by atoms with Gasteiger partial charge in [-0.25, -0.2) is 0 Å². The molecule has 2 heteroatoms. The number of unbranched alkanes of at least 4 members (excludes halogenated alkanes) is 5. The highest BCUT2D eigenvalue weighted by Crippen LogP contribution is 2.12. The summed E-state index contributed by atoms with van der Waals surface area (Å²) in [7, 11) is 0. The zero-order valence-electron chi connectivity index (χ0n) is 9.31. The largest absolute Gasteiger partial charge is 0.330 e. The van der Waals surface area contributed by atoms with Gasteiger partial charge in [-0.1, -0.05) is 32.1 Å². The highest BCUT2D eigenvalue weighted by atomic mass is 14.7. The summed E-state index contributed by atoms with van der Waals surface area (Å²) in [6, 6.07) is 0. The molecule has 13 heavy (non-hydrogen) atoms. The van der Waals surface area contributed by atoms with E-state index in [2.05, 4.69) is 13.8 Å². The zero-order chi connectivity index (χ0) is 10.2. The average Bonchev–Trinajstić information content (AvgIpc) is 2.01. The van der Waals surface area contributed by atoms with Crippen LogP contribution in [-0.2, 0) is 0 Å². The third-order valence-corrected chi connectivity index (χ3v) is 2.28. The molecule has 0 bridgehead atoms. The predicted octanol–water partition coefficient (Wildman–Crippen LogP) is 2.41. The minimum atomic E-state index is 0.0251. The van der Waals surface area contributed by atoms with E-state index >= 15 is 0 Å². The van der Waals surface area contributed by atoms with Crippen molar-refractivity contribution in [2.24, 2.45) is 11.5 Å². The molecule has 0 aliphatic heterocycles. The Morgan fingerprint density at radius 1 is 0.846 bits per heavy atom. The summed E-state index contributed by atoms with van der Waals surface area (Å²) in [5.74, 6) is 0. The fourth-order valence-electron chi connectivity index (χ4n) is 1.43. The van der Waals surface area contributed by atoms with E-state index in [1.165, 1.54) is 38.5 Å². The van der Waals surface area contributed by atoms with Crippen LogP contribution in [0.15, 0.2) is 0 Å². The van der Waals surface area contributed by atoms with Crippen molar-refractivity contribution >= 4 is 0 Å². The average molecular weight is 186 g/mol. The Balaban J connectivity index is 3.00. The Kier molecular flexibility index (Phi) is 7.29. The van der Waals surface area contributed by atoms with Crippen LogP contribution >= 0.6 is 0 Å². The molecule has 0 amide bonds. The van der Waals surface area contributed by atoms with Gasteiger partial charge in [0.2, 0.25) is 0 Å². The van der Waals surface area contributed by atoms with Crippen LogP contribution in [0.4, 0.5) is 0 Å². The second-order valence-electron chi connectivity index (χ2n) is 4.65. The van der Waals surface area contributed by atoms with Gasteiger partial charge in [0.25, 0.3) is 0 Å². The maximum atomic E-state index is 5.88. The fourth-order valence-corrected chi connectivity index (χ4v) is 1.43. The van der Waals surface area contributed by atoms with Gasteiger partial charge in [-0.2, -0.15) is 0 Å². The molecule has 0 aliphatic carbocycles. The van der Waals surface area contributed by atoms with Crippen LogP contribution in [0.3, 0.4) is 0 Å². The number of hydrogen-bond donors (Lipinski definition) is 2. The van der Waals surface area contributed by atoms with Crippen LogP contribution < -0.4 is 11.5 Å². The first-order chi connectivity index (χ1) is 6.06. The lowest BCUT2D eigenvalue weighted by Gasteiger charge is -2.17. The van der Waals surface area contributed by atoms with Gasteiger partial charge in [-0.3, -0.25) is 0 Å². The van der Waals surface area contributed by atoms with Crippen molar-refractivity contribution < 1.29 is 0 Å². The third kappa shape index (κ3) is 11.9. The van der Waals surface area contributed by atoms with Crippen molar-refractivity contribution in [1.29, 1.82) is 0 Å². The highest BCUT2D eigenvalue weighted by Gasteiger charge is 2.08. The lowest BCUT2D eigenvalue weighted by molar-refractivity contribution is 0.441. The van der Waals surface area contributed by atoms with E-state index in [1.54, 1.807) is 0 Å². The van der Waals surface area contributed by atoms with E-state index < -0.39 is 0 Å². The van der Waals surface area contributed by atoms with Gasteiger partial charge < -0.3 is 11.5 Å². The molecule has 0 saturated carbocycles. The first-order valence-electron chi connectivity index (χ1n) is 5.55. The zero-order valence-corrected chi connectivity index (χ0v) is 9.31. The lowest BCUT2D eigenvalue weighted by atomic mass is 9.97. The topological polar surface area (TPSA) is 52.0 Å². The van der Waals surface area contributed by atoms with Gasteiger partial charge in [0.15, 0.2) is 0 Å². The molecular formula is C11H26N2. The maximum absolute atomic E-state index is 5.88. The summed E-state index contributed by atoms with van der Waals surface area (Å²) in [6.45, 7) is 5.04. The SMILES string of the molecule is CC(C)(N)CCCCCCCCN. The molecule has 0 spiro atoms. The number of rotatable bonds is 8. The molecule has 0 aromatic carbocycles. The normalized spacial score (nSPS) is 12.0. The van der Waals surface area contributed by atoms with E-state index in [-0.39, 0.29) is 5.54 Å². The van der Waals surface area contributed by atoms with Gasteiger partial charge in [0.05, 0.1) is 0 Å². The Morgan fingerprint density at radius 3 is 1.77 bits per heavy atom. The van der Waals surface area contributed by atoms with Crippen molar-refractivity contribution in [2.75, 3.05) is 6.54 Å². The molecule has 0 rings (SSSR count). The van der Waals surface area contributed by atoms with Crippen LogP contribution in [0.1, 0.15) is 58.8 Å². The number of nitrogens with two attached hydrogens (primary N) is 2. The number of hydrogen-bond acceptors (Lipinski definition) is 2. The Morgan fingerprint density at radius 2 is 1.31 bits per heavy atom. The molecule has 0 aliphatic rings. The summed E-state index contributed by atoms with van der Waals surface area (Å²) >= 11 is 0. The molecule has 0 aromatic rings. The van der Waals surface area contributed by atoms with Crippen molar-refractivity contribution in [3.8, 4) is 0 Å². The van der Waals surface area contributed by atoms with Gasteiger partial charge in [0, 0.05) is 5.54 Å². The Labute approximate surface area is 83.1 Å². The van der Waals surface area contributed by atoms with Crippen LogP contribution in [0, 0.1) is 0 Å². The van der Waals surface area contributed by atoms with Crippen molar-refractivity contribution in [3.05, 3.63) is 0 Å². The van der Waals surface area contributed by atoms with Crippen LogP contribution in [-0.4, -0.2) is 12.1 Å². The van der Waals surface area contributed by atoms with E-state index in [0.29, 0.717) is 0 Å².